The van der Waals surface area contributed by atoms with Crippen LogP contribution in [0.25, 0.3) is 0 Å². The van der Waals surface area contributed by atoms with Gasteiger partial charge in [-0.05, 0) is 44.4 Å². The number of fused-ring (bicyclic) bond motifs is 1. The highest BCUT2D eigenvalue weighted by Crippen LogP contribution is 2.38. The van der Waals surface area contributed by atoms with Crippen LogP contribution in [0.5, 0.6) is 11.5 Å². The Labute approximate surface area is 169 Å². The molecule has 158 valence electrons. The zero-order chi connectivity index (χ0) is 20.2. The van der Waals surface area contributed by atoms with Gasteiger partial charge in [0.15, 0.2) is 0 Å². The number of unbranched alkanes of at least 4 members (excludes halogenated alkanes) is 10. The molecule has 0 aromatic heterocycles. The lowest BCUT2D eigenvalue weighted by Gasteiger charge is -2.36. The number of phenolic OH excluding ortho intramolecular Hbond substituents is 1. The van der Waals surface area contributed by atoms with Crippen LogP contribution >= 0.6 is 0 Å². The van der Waals surface area contributed by atoms with Crippen LogP contribution in [0.15, 0.2) is 23.4 Å². The molecule has 0 saturated heterocycles. The molecule has 1 aromatic rings. The van der Waals surface area contributed by atoms with E-state index in [2.05, 4.69) is 12.1 Å². The molecule has 1 atom stereocenters. The van der Waals surface area contributed by atoms with Gasteiger partial charge in [-0.3, -0.25) is 0 Å². The van der Waals surface area contributed by atoms with Gasteiger partial charge < -0.3 is 20.2 Å². The Bertz CT molecular complexity index is 617. The number of nitrogens with zero attached hydrogens (tertiary/aromatic N) is 1. The van der Waals surface area contributed by atoms with Gasteiger partial charge in [-0.1, -0.05) is 62.9 Å². The third-order valence-corrected chi connectivity index (χ3v) is 5.66. The number of benzene rings is 1. The van der Waals surface area contributed by atoms with Crippen molar-refractivity contribution in [2.24, 2.45) is 5.16 Å². The largest absolute Gasteiger partial charge is 0.508 e. The fourth-order valence-corrected chi connectivity index (χ4v) is 4.01. The fourth-order valence-electron chi connectivity index (χ4n) is 4.01. The third kappa shape index (κ3) is 7.34. The summed E-state index contributed by atoms with van der Waals surface area (Å²) in [5.74, 6) is 0.829. The fraction of sp³-hybridized carbons (Fsp3) is 0.696. The topological polar surface area (TPSA) is 82.3 Å². The molecule has 0 radical (unpaired) electrons. The summed E-state index contributed by atoms with van der Waals surface area (Å²) in [4.78, 5) is 0. The van der Waals surface area contributed by atoms with Gasteiger partial charge in [0, 0.05) is 18.6 Å². The second-order valence-electron chi connectivity index (χ2n) is 8.32. The van der Waals surface area contributed by atoms with Crippen LogP contribution in [0.2, 0.25) is 0 Å². The van der Waals surface area contributed by atoms with Gasteiger partial charge >= 0.3 is 0 Å². The molecule has 0 saturated carbocycles. The Morgan fingerprint density at radius 2 is 1.50 bits per heavy atom. The van der Waals surface area contributed by atoms with Crippen molar-refractivity contribution in [3.63, 3.8) is 0 Å². The van der Waals surface area contributed by atoms with E-state index in [9.17, 15) is 10.3 Å². The lowest BCUT2D eigenvalue weighted by molar-refractivity contribution is 0.0764. The van der Waals surface area contributed by atoms with E-state index in [-0.39, 0.29) is 11.4 Å². The van der Waals surface area contributed by atoms with Gasteiger partial charge in [-0.25, -0.2) is 0 Å². The second kappa shape index (κ2) is 11.9. The van der Waals surface area contributed by atoms with Crippen LogP contribution in [-0.2, 0) is 0 Å². The molecule has 0 fully saturated rings. The number of ether oxygens (including phenoxy) is 1. The highest BCUT2D eigenvalue weighted by Gasteiger charge is 2.35. The van der Waals surface area contributed by atoms with Crippen LogP contribution in [0.3, 0.4) is 0 Å². The summed E-state index contributed by atoms with van der Waals surface area (Å²) < 4.78 is 6.19. The minimum atomic E-state index is -0.361. The average molecular weight is 392 g/mol. The SMILES string of the molecule is CC1(CCCCCCCCCCCCCO)CC(=NO)c2cc(O)ccc2O1. The Balaban J connectivity index is 1.61. The standard InChI is InChI=1S/C23H37NO4/c1-23(15-11-9-7-5-3-2-4-6-8-10-12-16-25)18-21(24-27)20-17-19(26)13-14-22(20)28-23/h13-14,17,25-27H,2-12,15-16,18H2,1H3. The molecule has 0 aliphatic carbocycles. The predicted molar refractivity (Wildman–Crippen MR) is 113 cm³/mol. The molecule has 5 nitrogen and oxygen atoms in total. The lowest BCUT2D eigenvalue weighted by atomic mass is 9.86. The van der Waals surface area contributed by atoms with Crippen molar-refractivity contribution in [3.8, 4) is 11.5 Å². The molecule has 0 bridgehead atoms. The lowest BCUT2D eigenvalue weighted by Crippen LogP contribution is -2.39. The maximum Gasteiger partial charge on any atom is 0.129 e. The molecule has 0 amide bonds. The number of rotatable bonds is 13. The van der Waals surface area contributed by atoms with Crippen molar-refractivity contribution in [1.29, 1.82) is 0 Å². The zero-order valence-electron chi connectivity index (χ0n) is 17.3. The molecular formula is C23H37NO4. The number of hydrogen-bond acceptors (Lipinski definition) is 5. The molecule has 5 heteroatoms. The van der Waals surface area contributed by atoms with Gasteiger partial charge in [-0.15, -0.1) is 0 Å². The highest BCUT2D eigenvalue weighted by molar-refractivity contribution is 6.04. The quantitative estimate of drug-likeness (QED) is 0.226. The summed E-state index contributed by atoms with van der Waals surface area (Å²) in [6, 6.07) is 4.94. The number of phenols is 1. The first-order valence-corrected chi connectivity index (χ1v) is 10.9. The van der Waals surface area contributed by atoms with Crippen LogP contribution in [0, 0.1) is 0 Å². The summed E-state index contributed by atoms with van der Waals surface area (Å²) in [7, 11) is 0. The van der Waals surface area contributed by atoms with Gasteiger partial charge in [-0.2, -0.15) is 0 Å². The molecule has 1 aliphatic rings. The maximum absolute atomic E-state index is 9.66. The summed E-state index contributed by atoms with van der Waals surface area (Å²) in [5, 5.41) is 31.2. The first-order valence-electron chi connectivity index (χ1n) is 10.9. The molecule has 1 aromatic carbocycles. The smallest absolute Gasteiger partial charge is 0.129 e. The number of aliphatic hydroxyl groups excluding tert-OH is 1. The molecule has 0 spiro atoms. The van der Waals surface area contributed by atoms with Crippen LogP contribution in [0.4, 0.5) is 0 Å². The Kier molecular flexibility index (Phi) is 9.62. The molecule has 1 unspecified atom stereocenters. The van der Waals surface area contributed by atoms with E-state index in [1.54, 1.807) is 18.2 Å². The van der Waals surface area contributed by atoms with Crippen molar-refractivity contribution in [3.05, 3.63) is 23.8 Å². The van der Waals surface area contributed by atoms with Crippen molar-refractivity contribution < 1.29 is 20.2 Å². The molecule has 2 rings (SSSR count). The third-order valence-electron chi connectivity index (χ3n) is 5.66. The number of oxime groups is 1. The highest BCUT2D eigenvalue weighted by atomic mass is 16.5. The van der Waals surface area contributed by atoms with Gasteiger partial charge in [0.05, 0.1) is 5.71 Å². The van der Waals surface area contributed by atoms with Gasteiger partial charge in [0.25, 0.3) is 0 Å². The van der Waals surface area contributed by atoms with Gasteiger partial charge in [0.2, 0.25) is 0 Å². The van der Waals surface area contributed by atoms with E-state index in [1.165, 1.54) is 51.4 Å². The number of aliphatic hydroxyl groups is 1. The molecule has 28 heavy (non-hydrogen) atoms. The van der Waals surface area contributed by atoms with E-state index >= 15 is 0 Å². The van der Waals surface area contributed by atoms with Crippen molar-refractivity contribution in [2.45, 2.75) is 96.0 Å². The molecular weight excluding hydrogens is 354 g/mol. The minimum absolute atomic E-state index is 0.150. The van der Waals surface area contributed by atoms with Crippen LogP contribution < -0.4 is 4.74 Å². The van der Waals surface area contributed by atoms with Crippen molar-refractivity contribution in [2.75, 3.05) is 6.61 Å². The Hall–Kier alpha value is -1.75. The van der Waals surface area contributed by atoms with Crippen molar-refractivity contribution in [1.82, 2.24) is 0 Å². The molecule has 1 aliphatic heterocycles. The Morgan fingerprint density at radius 3 is 2.07 bits per heavy atom. The molecule has 3 N–H and O–H groups in total. The van der Waals surface area contributed by atoms with E-state index < -0.39 is 0 Å². The van der Waals surface area contributed by atoms with E-state index in [1.807, 2.05) is 0 Å². The summed E-state index contributed by atoms with van der Waals surface area (Å²) in [5.41, 5.74) is 0.898. The summed E-state index contributed by atoms with van der Waals surface area (Å²) in [6.07, 6.45) is 14.9. The van der Waals surface area contributed by atoms with Gasteiger partial charge in [0.1, 0.15) is 17.1 Å². The zero-order valence-corrected chi connectivity index (χ0v) is 17.3. The molecule has 1 heterocycles. The van der Waals surface area contributed by atoms with Crippen LogP contribution in [0.1, 0.15) is 96.0 Å². The Morgan fingerprint density at radius 1 is 0.929 bits per heavy atom. The van der Waals surface area contributed by atoms with E-state index in [0.29, 0.717) is 30.1 Å². The monoisotopic (exact) mass is 391 g/mol. The summed E-state index contributed by atoms with van der Waals surface area (Å²) in [6.45, 7) is 2.40. The predicted octanol–water partition coefficient (Wildman–Crippen LogP) is 5.79. The van der Waals surface area contributed by atoms with E-state index in [4.69, 9.17) is 9.84 Å². The number of aromatic hydroxyl groups is 1. The second-order valence-corrected chi connectivity index (χ2v) is 8.32. The van der Waals surface area contributed by atoms with Crippen LogP contribution in [-0.4, -0.2) is 33.3 Å². The number of hydrogen-bond donors (Lipinski definition) is 3. The maximum atomic E-state index is 9.66. The normalized spacial score (nSPS) is 20.1. The first kappa shape index (κ1) is 22.5. The van der Waals surface area contributed by atoms with E-state index in [0.717, 1.165) is 25.7 Å². The van der Waals surface area contributed by atoms with Crippen molar-refractivity contribution >= 4 is 5.71 Å². The summed E-state index contributed by atoms with van der Waals surface area (Å²) >= 11 is 0. The minimum Gasteiger partial charge on any atom is -0.508 e. The first-order chi connectivity index (χ1) is 13.6. The average Bonchev–Trinajstić information content (AvgIpc) is 2.68.